The molecule has 0 unspecified atom stereocenters. The first-order chi connectivity index (χ1) is 10.8. The fraction of sp³-hybridized carbons (Fsp3) is 0.579. The van der Waals surface area contributed by atoms with Crippen molar-refractivity contribution in [1.82, 2.24) is 4.90 Å². The van der Waals surface area contributed by atoms with Crippen molar-refractivity contribution >= 4 is 11.9 Å². The van der Waals surface area contributed by atoms with Crippen molar-refractivity contribution in [1.29, 1.82) is 0 Å². The lowest BCUT2D eigenvalue weighted by Crippen LogP contribution is -2.47. The summed E-state index contributed by atoms with van der Waals surface area (Å²) in [5.41, 5.74) is 1.75. The van der Waals surface area contributed by atoms with E-state index in [9.17, 15) is 9.59 Å². The second-order valence-electron chi connectivity index (χ2n) is 7.01. The zero-order valence-corrected chi connectivity index (χ0v) is 14.3. The second kappa shape index (κ2) is 7.16. The van der Waals surface area contributed by atoms with Crippen LogP contribution >= 0.6 is 0 Å². The number of hydrogen-bond donors (Lipinski definition) is 1. The number of carbonyl (C=O) groups excluding carboxylic acids is 1. The van der Waals surface area contributed by atoms with Gasteiger partial charge in [-0.25, -0.2) is 0 Å². The van der Waals surface area contributed by atoms with Crippen LogP contribution in [-0.4, -0.2) is 35.0 Å². The zero-order valence-electron chi connectivity index (χ0n) is 14.3. The zero-order chi connectivity index (χ0) is 17.0. The van der Waals surface area contributed by atoms with E-state index in [1.807, 2.05) is 30.9 Å². The van der Waals surface area contributed by atoms with E-state index in [1.54, 1.807) is 0 Å². The van der Waals surface area contributed by atoms with E-state index in [-0.39, 0.29) is 18.2 Å². The Bertz CT molecular complexity index is 554. The summed E-state index contributed by atoms with van der Waals surface area (Å²) >= 11 is 0. The lowest BCUT2D eigenvalue weighted by molar-refractivity contribution is -0.139. The van der Waals surface area contributed by atoms with Gasteiger partial charge in [0.2, 0.25) is 5.91 Å². The van der Waals surface area contributed by atoms with Gasteiger partial charge in [0, 0.05) is 19.5 Å². The first-order valence-corrected chi connectivity index (χ1v) is 8.45. The lowest BCUT2D eigenvalue weighted by atomic mass is 9.81. The topological polar surface area (TPSA) is 57.6 Å². The molecule has 0 saturated carbocycles. The molecule has 4 nitrogen and oxygen atoms in total. The van der Waals surface area contributed by atoms with E-state index < -0.39 is 11.4 Å². The first-order valence-electron chi connectivity index (χ1n) is 8.45. The minimum atomic E-state index is -0.744. The summed E-state index contributed by atoms with van der Waals surface area (Å²) in [6.07, 6.45) is 2.77. The molecule has 1 aliphatic heterocycles. The average Bonchev–Trinajstić information content (AvgIpc) is 2.54. The standard InChI is InChI=1S/C19H27NO3/c1-4-14-5-7-16(8-6-14)19(2,3)18(23)20-11-9-15(10-12-20)13-17(21)22/h5-8,15H,4,9-13H2,1-3H3,(H,21,22). The third-order valence-corrected chi connectivity index (χ3v) is 4.98. The lowest BCUT2D eigenvalue weighted by Gasteiger charge is -2.37. The molecule has 1 saturated heterocycles. The number of benzene rings is 1. The normalized spacial score (nSPS) is 16.4. The number of carboxylic acid groups (broad SMARTS) is 1. The third kappa shape index (κ3) is 4.12. The predicted octanol–water partition coefficient (Wildman–Crippen LogP) is 3.24. The SMILES string of the molecule is CCc1ccc(C(C)(C)C(=O)N2CCC(CC(=O)O)CC2)cc1. The third-order valence-electron chi connectivity index (χ3n) is 4.98. The minimum absolute atomic E-state index is 0.135. The van der Waals surface area contributed by atoms with E-state index >= 15 is 0 Å². The number of likely N-dealkylation sites (tertiary alicyclic amines) is 1. The van der Waals surface area contributed by atoms with Gasteiger partial charge in [0.05, 0.1) is 5.41 Å². The number of aliphatic carboxylic acids is 1. The van der Waals surface area contributed by atoms with Crippen LogP contribution in [0.3, 0.4) is 0 Å². The second-order valence-corrected chi connectivity index (χ2v) is 7.01. The van der Waals surface area contributed by atoms with Crippen LogP contribution in [0.15, 0.2) is 24.3 Å². The molecule has 1 aromatic rings. The molecule has 0 aliphatic carbocycles. The monoisotopic (exact) mass is 317 g/mol. The highest BCUT2D eigenvalue weighted by Gasteiger charge is 2.35. The summed E-state index contributed by atoms with van der Waals surface area (Å²) in [5.74, 6) is -0.412. The molecule has 4 heteroatoms. The fourth-order valence-electron chi connectivity index (χ4n) is 3.26. The van der Waals surface area contributed by atoms with Crippen molar-refractivity contribution in [2.24, 2.45) is 5.92 Å². The largest absolute Gasteiger partial charge is 0.481 e. The van der Waals surface area contributed by atoms with Crippen molar-refractivity contribution in [2.75, 3.05) is 13.1 Å². The van der Waals surface area contributed by atoms with Crippen LogP contribution in [0, 0.1) is 5.92 Å². The van der Waals surface area contributed by atoms with Crippen LogP contribution in [0.4, 0.5) is 0 Å². The number of carboxylic acids is 1. The number of rotatable bonds is 5. The van der Waals surface area contributed by atoms with Crippen molar-refractivity contribution in [3.8, 4) is 0 Å². The number of piperidine rings is 1. The highest BCUT2D eigenvalue weighted by atomic mass is 16.4. The van der Waals surface area contributed by atoms with Gasteiger partial charge in [-0.1, -0.05) is 31.2 Å². The van der Waals surface area contributed by atoms with Crippen LogP contribution in [0.1, 0.15) is 51.2 Å². The maximum Gasteiger partial charge on any atom is 0.303 e. The van der Waals surface area contributed by atoms with E-state index in [0.717, 1.165) is 24.8 Å². The highest BCUT2D eigenvalue weighted by Crippen LogP contribution is 2.29. The van der Waals surface area contributed by atoms with Gasteiger partial charge in [0.15, 0.2) is 0 Å². The Morgan fingerprint density at radius 3 is 2.22 bits per heavy atom. The highest BCUT2D eigenvalue weighted by molar-refractivity contribution is 5.87. The van der Waals surface area contributed by atoms with Gasteiger partial charge in [-0.05, 0) is 50.2 Å². The molecule has 1 N–H and O–H groups in total. The van der Waals surface area contributed by atoms with Gasteiger partial charge < -0.3 is 10.0 Å². The molecule has 2 rings (SSSR count). The molecule has 126 valence electrons. The van der Waals surface area contributed by atoms with E-state index in [4.69, 9.17) is 5.11 Å². The van der Waals surface area contributed by atoms with Gasteiger partial charge in [-0.15, -0.1) is 0 Å². The van der Waals surface area contributed by atoms with Crippen molar-refractivity contribution in [3.05, 3.63) is 35.4 Å². The minimum Gasteiger partial charge on any atom is -0.481 e. The quantitative estimate of drug-likeness (QED) is 0.907. The summed E-state index contributed by atoms with van der Waals surface area (Å²) in [5, 5.41) is 8.88. The van der Waals surface area contributed by atoms with Crippen LogP contribution in [0.25, 0.3) is 0 Å². The summed E-state index contributed by atoms with van der Waals surface area (Å²) in [7, 11) is 0. The molecule has 1 aliphatic rings. The molecule has 23 heavy (non-hydrogen) atoms. The summed E-state index contributed by atoms with van der Waals surface area (Å²) in [6.45, 7) is 7.38. The number of amides is 1. The summed E-state index contributed by atoms with van der Waals surface area (Å²) in [4.78, 5) is 25.6. The Hall–Kier alpha value is -1.84. The predicted molar refractivity (Wildman–Crippen MR) is 90.4 cm³/mol. The molecule has 0 atom stereocenters. The van der Waals surface area contributed by atoms with E-state index in [2.05, 4.69) is 19.1 Å². The van der Waals surface area contributed by atoms with Crippen LogP contribution in [-0.2, 0) is 21.4 Å². The molecule has 1 fully saturated rings. The Morgan fingerprint density at radius 2 is 1.74 bits per heavy atom. The van der Waals surface area contributed by atoms with Gasteiger partial charge in [-0.2, -0.15) is 0 Å². The van der Waals surface area contributed by atoms with Crippen molar-refractivity contribution in [2.45, 2.75) is 51.9 Å². The number of hydrogen-bond acceptors (Lipinski definition) is 2. The van der Waals surface area contributed by atoms with Gasteiger partial charge >= 0.3 is 5.97 Å². The summed E-state index contributed by atoms with van der Waals surface area (Å²) < 4.78 is 0. The average molecular weight is 317 g/mol. The summed E-state index contributed by atoms with van der Waals surface area (Å²) in [6, 6.07) is 8.27. The molecule has 0 aromatic heterocycles. The van der Waals surface area contributed by atoms with Crippen LogP contribution < -0.4 is 0 Å². The van der Waals surface area contributed by atoms with Crippen LogP contribution in [0.2, 0.25) is 0 Å². The Labute approximate surface area is 138 Å². The molecular formula is C19H27NO3. The number of carbonyl (C=O) groups is 2. The molecule has 0 radical (unpaired) electrons. The molecule has 1 heterocycles. The number of nitrogens with zero attached hydrogens (tertiary/aromatic N) is 1. The van der Waals surface area contributed by atoms with Crippen LogP contribution in [0.5, 0.6) is 0 Å². The molecular weight excluding hydrogens is 290 g/mol. The Balaban J connectivity index is 2.02. The Morgan fingerprint density at radius 1 is 1.17 bits per heavy atom. The van der Waals surface area contributed by atoms with Crippen molar-refractivity contribution in [3.63, 3.8) is 0 Å². The maximum atomic E-state index is 12.9. The van der Waals surface area contributed by atoms with E-state index in [1.165, 1.54) is 5.56 Å². The molecule has 0 bridgehead atoms. The van der Waals surface area contributed by atoms with E-state index in [0.29, 0.717) is 13.1 Å². The number of aryl methyl sites for hydroxylation is 1. The smallest absolute Gasteiger partial charge is 0.303 e. The van der Waals surface area contributed by atoms with Gasteiger partial charge in [0.25, 0.3) is 0 Å². The van der Waals surface area contributed by atoms with Crippen molar-refractivity contribution < 1.29 is 14.7 Å². The molecule has 1 amide bonds. The Kier molecular flexibility index (Phi) is 5.45. The van der Waals surface area contributed by atoms with Gasteiger partial charge in [-0.3, -0.25) is 9.59 Å². The molecule has 0 spiro atoms. The fourth-order valence-corrected chi connectivity index (χ4v) is 3.26. The maximum absolute atomic E-state index is 12.9. The van der Waals surface area contributed by atoms with Gasteiger partial charge in [0.1, 0.15) is 0 Å². The molecule has 1 aromatic carbocycles. The first kappa shape index (κ1) is 17.5.